The summed E-state index contributed by atoms with van der Waals surface area (Å²) in [5, 5.41) is 8.00. The summed E-state index contributed by atoms with van der Waals surface area (Å²) in [6.45, 7) is 6.78. The molecule has 0 saturated heterocycles. The Kier molecular flexibility index (Phi) is 4.99. The second-order valence-electron chi connectivity index (χ2n) is 7.87. The molecule has 3 aromatic rings. The zero-order valence-electron chi connectivity index (χ0n) is 16.6. The predicted octanol–water partition coefficient (Wildman–Crippen LogP) is 4.51. The quantitative estimate of drug-likeness (QED) is 0.691. The molecule has 1 fully saturated rings. The summed E-state index contributed by atoms with van der Waals surface area (Å²) in [7, 11) is 0. The van der Waals surface area contributed by atoms with Crippen LogP contribution in [0.4, 0.5) is 0 Å². The Morgan fingerprint density at radius 3 is 2.71 bits per heavy atom. The fraction of sp³-hybridized carbons (Fsp3) is 0.348. The molecule has 1 saturated carbocycles. The number of benzene rings is 1. The van der Waals surface area contributed by atoms with Crippen LogP contribution in [-0.2, 0) is 6.54 Å². The predicted molar refractivity (Wildman–Crippen MR) is 110 cm³/mol. The van der Waals surface area contributed by atoms with Crippen molar-refractivity contribution in [1.29, 1.82) is 0 Å². The number of aryl methyl sites for hydroxylation is 1. The van der Waals surface area contributed by atoms with Crippen LogP contribution in [0.1, 0.15) is 71.4 Å². The van der Waals surface area contributed by atoms with Crippen LogP contribution in [0.25, 0.3) is 5.69 Å². The Morgan fingerprint density at radius 2 is 2.07 bits per heavy atom. The second kappa shape index (κ2) is 7.58. The number of aromatic nitrogens is 3. The van der Waals surface area contributed by atoms with E-state index in [1.165, 1.54) is 5.56 Å². The molecule has 5 heteroatoms. The number of rotatable bonds is 6. The van der Waals surface area contributed by atoms with Gasteiger partial charge >= 0.3 is 0 Å². The summed E-state index contributed by atoms with van der Waals surface area (Å²) in [5.41, 5.74) is 5.85. The van der Waals surface area contributed by atoms with Crippen LogP contribution in [0.15, 0.2) is 48.8 Å². The monoisotopic (exact) mass is 374 g/mol. The first kappa shape index (κ1) is 18.4. The zero-order valence-corrected chi connectivity index (χ0v) is 16.6. The van der Waals surface area contributed by atoms with E-state index in [-0.39, 0.29) is 11.8 Å². The molecule has 4 rings (SSSR count). The number of hydrogen-bond acceptors (Lipinski definition) is 3. The van der Waals surface area contributed by atoms with Crippen LogP contribution >= 0.6 is 0 Å². The van der Waals surface area contributed by atoms with E-state index in [0.717, 1.165) is 41.0 Å². The maximum atomic E-state index is 13.2. The van der Waals surface area contributed by atoms with Crippen molar-refractivity contribution >= 4 is 5.91 Å². The molecule has 1 aliphatic carbocycles. The van der Waals surface area contributed by atoms with Crippen molar-refractivity contribution < 1.29 is 4.79 Å². The first-order chi connectivity index (χ1) is 13.5. The maximum Gasteiger partial charge on any atom is 0.255 e. The Bertz CT molecular complexity index is 987. The number of nitrogens with one attached hydrogen (secondary N) is 1. The van der Waals surface area contributed by atoms with Crippen LogP contribution in [0.3, 0.4) is 0 Å². The van der Waals surface area contributed by atoms with E-state index in [1.54, 1.807) is 12.4 Å². The van der Waals surface area contributed by atoms with Gasteiger partial charge in [0.05, 0.1) is 22.6 Å². The highest BCUT2D eigenvalue weighted by molar-refractivity contribution is 5.97. The summed E-state index contributed by atoms with van der Waals surface area (Å²) in [6.07, 6.45) is 5.72. The van der Waals surface area contributed by atoms with Gasteiger partial charge in [-0.25, -0.2) is 4.68 Å². The average molecular weight is 374 g/mol. The van der Waals surface area contributed by atoms with Gasteiger partial charge < -0.3 is 5.32 Å². The molecule has 0 radical (unpaired) electrons. The third-order valence-corrected chi connectivity index (χ3v) is 5.11. The lowest BCUT2D eigenvalue weighted by molar-refractivity contribution is 0.0948. The first-order valence-corrected chi connectivity index (χ1v) is 9.91. The van der Waals surface area contributed by atoms with E-state index in [1.807, 2.05) is 22.9 Å². The summed E-state index contributed by atoms with van der Waals surface area (Å²) in [4.78, 5) is 17.3. The molecule has 1 aromatic carbocycles. The third kappa shape index (κ3) is 3.70. The Labute approximate surface area is 165 Å². The molecule has 0 bridgehead atoms. The summed E-state index contributed by atoms with van der Waals surface area (Å²) >= 11 is 0. The topological polar surface area (TPSA) is 59.8 Å². The molecule has 5 nitrogen and oxygen atoms in total. The van der Waals surface area contributed by atoms with Crippen LogP contribution < -0.4 is 5.32 Å². The van der Waals surface area contributed by atoms with Gasteiger partial charge in [-0.3, -0.25) is 9.78 Å². The molecular weight excluding hydrogens is 348 g/mol. The van der Waals surface area contributed by atoms with Gasteiger partial charge in [0.1, 0.15) is 0 Å². The van der Waals surface area contributed by atoms with Crippen molar-refractivity contribution in [2.45, 2.75) is 52.0 Å². The highest BCUT2D eigenvalue weighted by Crippen LogP contribution is 2.43. The van der Waals surface area contributed by atoms with Crippen molar-refractivity contribution in [3.8, 4) is 5.69 Å². The Morgan fingerprint density at radius 1 is 1.25 bits per heavy atom. The second-order valence-corrected chi connectivity index (χ2v) is 7.87. The number of carbonyl (C=O) groups is 1. The lowest BCUT2D eigenvalue weighted by Crippen LogP contribution is -2.25. The lowest BCUT2D eigenvalue weighted by atomic mass is 10.0. The normalized spacial score (nSPS) is 13.7. The van der Waals surface area contributed by atoms with E-state index in [4.69, 9.17) is 5.10 Å². The fourth-order valence-corrected chi connectivity index (χ4v) is 3.59. The molecule has 2 heterocycles. The molecule has 1 amide bonds. The van der Waals surface area contributed by atoms with Gasteiger partial charge in [0.25, 0.3) is 5.91 Å². The molecule has 0 spiro atoms. The smallest absolute Gasteiger partial charge is 0.255 e. The number of amides is 1. The van der Waals surface area contributed by atoms with Crippen LogP contribution in [0, 0.1) is 6.92 Å². The minimum atomic E-state index is -0.0478. The molecular formula is C23H26N4O. The molecule has 0 atom stereocenters. The molecule has 2 aromatic heterocycles. The van der Waals surface area contributed by atoms with Gasteiger partial charge in [0.2, 0.25) is 0 Å². The molecule has 28 heavy (non-hydrogen) atoms. The number of pyridine rings is 1. The maximum absolute atomic E-state index is 13.2. The van der Waals surface area contributed by atoms with E-state index < -0.39 is 0 Å². The van der Waals surface area contributed by atoms with Gasteiger partial charge in [-0.2, -0.15) is 5.10 Å². The first-order valence-electron chi connectivity index (χ1n) is 9.91. The Balaban J connectivity index is 1.73. The molecule has 0 aliphatic heterocycles. The van der Waals surface area contributed by atoms with E-state index in [9.17, 15) is 4.79 Å². The molecule has 144 valence electrons. The largest absolute Gasteiger partial charge is 0.348 e. The summed E-state index contributed by atoms with van der Waals surface area (Å²) in [5.74, 6) is 0.524. The highest BCUT2D eigenvalue weighted by Gasteiger charge is 2.35. The van der Waals surface area contributed by atoms with Crippen molar-refractivity contribution in [3.05, 3.63) is 76.9 Å². The molecule has 1 aliphatic rings. The zero-order chi connectivity index (χ0) is 19.7. The standard InChI is InChI=1S/C23H26N4O/c1-15(2)22-20(23(28)25-14-17-7-5-11-24-13-17)21(18-9-10-18)26-27(22)19-8-4-6-16(3)12-19/h4-8,11-13,15,18H,9-10,14H2,1-3H3,(H,25,28). The van der Waals surface area contributed by atoms with Crippen LogP contribution in [0.2, 0.25) is 0 Å². The fourth-order valence-electron chi connectivity index (χ4n) is 3.59. The van der Waals surface area contributed by atoms with Crippen molar-refractivity contribution in [1.82, 2.24) is 20.1 Å². The van der Waals surface area contributed by atoms with Gasteiger partial charge in [-0.1, -0.05) is 32.0 Å². The average Bonchev–Trinajstić information content (AvgIpc) is 3.45. The van der Waals surface area contributed by atoms with E-state index in [0.29, 0.717) is 12.5 Å². The number of nitrogens with zero attached hydrogens (tertiary/aromatic N) is 3. The van der Waals surface area contributed by atoms with Gasteiger partial charge in [0, 0.05) is 24.9 Å². The van der Waals surface area contributed by atoms with Crippen molar-refractivity contribution in [2.75, 3.05) is 0 Å². The Hall–Kier alpha value is -2.95. The van der Waals surface area contributed by atoms with Gasteiger partial charge in [0.15, 0.2) is 0 Å². The van der Waals surface area contributed by atoms with Crippen molar-refractivity contribution in [2.24, 2.45) is 0 Å². The lowest BCUT2D eigenvalue weighted by Gasteiger charge is -2.13. The van der Waals surface area contributed by atoms with E-state index in [2.05, 4.69) is 49.3 Å². The van der Waals surface area contributed by atoms with Crippen LogP contribution in [-0.4, -0.2) is 20.7 Å². The van der Waals surface area contributed by atoms with E-state index >= 15 is 0 Å². The minimum Gasteiger partial charge on any atom is -0.348 e. The SMILES string of the molecule is Cc1cccc(-n2nc(C3CC3)c(C(=O)NCc3cccnc3)c2C(C)C)c1. The minimum absolute atomic E-state index is 0.0478. The molecule has 1 N–H and O–H groups in total. The van der Waals surface area contributed by atoms with Gasteiger partial charge in [-0.05, 0) is 55.0 Å². The number of hydrogen-bond donors (Lipinski definition) is 1. The molecule has 0 unspecified atom stereocenters. The van der Waals surface area contributed by atoms with Crippen LogP contribution in [0.5, 0.6) is 0 Å². The van der Waals surface area contributed by atoms with Crippen molar-refractivity contribution in [3.63, 3.8) is 0 Å². The summed E-state index contributed by atoms with van der Waals surface area (Å²) < 4.78 is 1.98. The third-order valence-electron chi connectivity index (χ3n) is 5.11. The highest BCUT2D eigenvalue weighted by atomic mass is 16.1. The summed E-state index contributed by atoms with van der Waals surface area (Å²) in [6, 6.07) is 12.1. The van der Waals surface area contributed by atoms with Gasteiger partial charge in [-0.15, -0.1) is 0 Å². The number of carbonyl (C=O) groups excluding carboxylic acids is 1.